The predicted octanol–water partition coefficient (Wildman–Crippen LogP) is 4.17. The van der Waals surface area contributed by atoms with Crippen LogP contribution in [0.4, 0.5) is 5.69 Å². The van der Waals surface area contributed by atoms with Crippen LogP contribution in [0.25, 0.3) is 11.4 Å². The van der Waals surface area contributed by atoms with Crippen molar-refractivity contribution in [1.29, 1.82) is 0 Å². The molecular weight excluding hydrogens is 438 g/mol. The zero-order chi connectivity index (χ0) is 24.0. The van der Waals surface area contributed by atoms with E-state index in [9.17, 15) is 9.59 Å². The minimum atomic E-state index is -0.461. The molecule has 1 N–H and O–H groups in total. The first kappa shape index (κ1) is 24.3. The van der Waals surface area contributed by atoms with E-state index in [1.165, 1.54) is 16.7 Å². The van der Waals surface area contributed by atoms with E-state index >= 15 is 0 Å². The number of anilines is 1. The number of amides is 2. The predicted molar refractivity (Wildman–Crippen MR) is 130 cm³/mol. The number of hydrogen-bond acceptors (Lipinski definition) is 6. The van der Waals surface area contributed by atoms with Crippen molar-refractivity contribution in [2.75, 3.05) is 18.9 Å². The van der Waals surface area contributed by atoms with Crippen LogP contribution >= 0.6 is 11.8 Å². The number of aromatic nitrogens is 3. The number of carbonyl (C=O) groups is 2. The van der Waals surface area contributed by atoms with Gasteiger partial charge in [-0.1, -0.05) is 43.0 Å². The van der Waals surface area contributed by atoms with Crippen LogP contribution in [0.1, 0.15) is 25.2 Å². The number of benzene rings is 1. The van der Waals surface area contributed by atoms with Crippen LogP contribution in [0.3, 0.4) is 0 Å². The number of carbonyl (C=O) groups excluding carboxylic acids is 2. The molecule has 9 heteroatoms. The van der Waals surface area contributed by atoms with E-state index in [-0.39, 0.29) is 18.4 Å². The van der Waals surface area contributed by atoms with Crippen molar-refractivity contribution in [1.82, 2.24) is 19.7 Å². The summed E-state index contributed by atoms with van der Waals surface area (Å²) in [7, 11) is 1.62. The van der Waals surface area contributed by atoms with Crippen LogP contribution < -0.4 is 5.32 Å². The summed E-state index contributed by atoms with van der Waals surface area (Å²) in [5.41, 5.74) is 2.66. The molecule has 1 aromatic carbocycles. The Morgan fingerprint density at radius 3 is 2.73 bits per heavy atom. The summed E-state index contributed by atoms with van der Waals surface area (Å²) in [5.74, 6) is 0.985. The number of likely N-dealkylation sites (N-methyl/N-ethyl adjacent to an activating group) is 1. The van der Waals surface area contributed by atoms with E-state index in [0.717, 1.165) is 29.0 Å². The molecule has 0 bridgehead atoms. The number of nitrogens with one attached hydrogen (secondary N) is 1. The molecule has 0 fully saturated rings. The highest BCUT2D eigenvalue weighted by molar-refractivity contribution is 8.00. The van der Waals surface area contributed by atoms with E-state index in [0.29, 0.717) is 17.5 Å². The van der Waals surface area contributed by atoms with E-state index < -0.39 is 5.25 Å². The zero-order valence-electron chi connectivity index (χ0n) is 19.4. The molecule has 0 spiro atoms. The third kappa shape index (κ3) is 5.73. The molecule has 0 saturated heterocycles. The van der Waals surface area contributed by atoms with Gasteiger partial charge in [0, 0.05) is 19.3 Å². The summed E-state index contributed by atoms with van der Waals surface area (Å²) in [4.78, 5) is 26.9. The third-order valence-electron chi connectivity index (χ3n) is 5.19. The second-order valence-electron chi connectivity index (χ2n) is 7.61. The van der Waals surface area contributed by atoms with Crippen LogP contribution in [0, 0.1) is 6.92 Å². The largest absolute Gasteiger partial charge is 0.469 e. The third-order valence-corrected chi connectivity index (χ3v) is 6.26. The average Bonchev–Trinajstić information content (AvgIpc) is 3.39. The van der Waals surface area contributed by atoms with Crippen molar-refractivity contribution in [3.8, 4) is 11.4 Å². The smallest absolute Gasteiger partial charge is 0.243 e. The molecule has 8 nitrogen and oxygen atoms in total. The quantitative estimate of drug-likeness (QED) is 0.355. The molecule has 3 aromatic rings. The first-order chi connectivity index (χ1) is 15.8. The first-order valence-electron chi connectivity index (χ1n) is 10.7. The number of para-hydroxylation sites is 1. The molecule has 33 heavy (non-hydrogen) atoms. The number of rotatable bonds is 10. The van der Waals surface area contributed by atoms with Gasteiger partial charge in [0.1, 0.15) is 5.76 Å². The van der Waals surface area contributed by atoms with Crippen LogP contribution in [-0.4, -0.2) is 50.3 Å². The molecule has 0 aliphatic carbocycles. The average molecular weight is 468 g/mol. The molecule has 0 saturated carbocycles. The fraction of sp³-hybridized carbons (Fsp3) is 0.333. The van der Waals surface area contributed by atoms with Gasteiger partial charge in [-0.3, -0.25) is 14.2 Å². The van der Waals surface area contributed by atoms with Crippen LogP contribution in [0.2, 0.25) is 0 Å². The number of allylic oxidation sites excluding steroid dienone is 1. The van der Waals surface area contributed by atoms with Crippen molar-refractivity contribution in [2.45, 2.75) is 44.1 Å². The maximum Gasteiger partial charge on any atom is 0.243 e. The second-order valence-corrected chi connectivity index (χ2v) is 8.92. The first-order valence-corrected chi connectivity index (χ1v) is 11.6. The molecule has 2 aromatic heterocycles. The summed E-state index contributed by atoms with van der Waals surface area (Å²) in [5, 5.41) is 11.6. The Kier molecular flexibility index (Phi) is 8.11. The molecule has 0 aliphatic heterocycles. The number of aryl methyl sites for hydroxylation is 2. The lowest BCUT2D eigenvalue weighted by atomic mass is 10.1. The van der Waals surface area contributed by atoms with E-state index in [1.807, 2.05) is 48.7 Å². The molecule has 174 valence electrons. The van der Waals surface area contributed by atoms with Gasteiger partial charge in [-0.05, 0) is 38.0 Å². The Hall–Kier alpha value is -3.33. The summed E-state index contributed by atoms with van der Waals surface area (Å²) < 4.78 is 7.29. The molecule has 1 atom stereocenters. The molecule has 0 aliphatic rings. The standard InChI is InChI=1S/C24H29N5O3S/c1-6-13-29-22(19-12-14-32-16(19)3)26-27-24(29)33-17(4)23(31)28(5)15-21(30)25-20-11-9-8-10-18(20)7-2/h6,8-12,14,17H,1,7,13,15H2,2-5H3,(H,25,30). The molecule has 1 unspecified atom stereocenters. The lowest BCUT2D eigenvalue weighted by Crippen LogP contribution is -2.39. The molecule has 0 radical (unpaired) electrons. The van der Waals surface area contributed by atoms with Crippen molar-refractivity contribution >= 4 is 29.3 Å². The van der Waals surface area contributed by atoms with Crippen LogP contribution in [0.15, 0.2) is 58.8 Å². The highest BCUT2D eigenvalue weighted by Gasteiger charge is 2.25. The summed E-state index contributed by atoms with van der Waals surface area (Å²) in [6, 6.07) is 9.49. The maximum atomic E-state index is 12.9. The highest BCUT2D eigenvalue weighted by atomic mass is 32.2. The summed E-state index contributed by atoms with van der Waals surface area (Å²) in [6.07, 6.45) is 4.17. The van der Waals surface area contributed by atoms with Gasteiger partial charge < -0.3 is 14.6 Å². The van der Waals surface area contributed by atoms with Crippen molar-refractivity contribution < 1.29 is 14.0 Å². The topological polar surface area (TPSA) is 93.3 Å². The van der Waals surface area contributed by atoms with Gasteiger partial charge in [0.2, 0.25) is 11.8 Å². The Balaban J connectivity index is 1.66. The van der Waals surface area contributed by atoms with Gasteiger partial charge >= 0.3 is 0 Å². The van der Waals surface area contributed by atoms with E-state index in [2.05, 4.69) is 22.1 Å². The number of hydrogen-bond donors (Lipinski definition) is 1. The zero-order valence-corrected chi connectivity index (χ0v) is 20.2. The SMILES string of the molecule is C=CCn1c(SC(C)C(=O)N(C)CC(=O)Nc2ccccc2CC)nnc1-c1ccoc1C. The Bertz CT molecular complexity index is 1140. The van der Waals surface area contributed by atoms with Gasteiger partial charge in [0.05, 0.1) is 23.6 Å². The van der Waals surface area contributed by atoms with Crippen molar-refractivity contribution in [3.63, 3.8) is 0 Å². The van der Waals surface area contributed by atoms with Gasteiger partial charge in [0.25, 0.3) is 0 Å². The molecule has 2 amide bonds. The van der Waals surface area contributed by atoms with Gasteiger partial charge in [-0.25, -0.2) is 0 Å². The molecule has 2 heterocycles. The maximum absolute atomic E-state index is 12.9. The minimum absolute atomic E-state index is 0.0411. The lowest BCUT2D eigenvalue weighted by Gasteiger charge is -2.21. The lowest BCUT2D eigenvalue weighted by molar-refractivity contribution is -0.132. The van der Waals surface area contributed by atoms with E-state index in [1.54, 1.807) is 26.3 Å². The Labute approximate surface area is 198 Å². The minimum Gasteiger partial charge on any atom is -0.469 e. The second kappa shape index (κ2) is 11.0. The fourth-order valence-electron chi connectivity index (χ4n) is 3.44. The van der Waals surface area contributed by atoms with E-state index in [4.69, 9.17) is 4.42 Å². The van der Waals surface area contributed by atoms with Gasteiger partial charge in [-0.15, -0.1) is 16.8 Å². The van der Waals surface area contributed by atoms with Crippen molar-refractivity contribution in [2.24, 2.45) is 0 Å². The highest BCUT2D eigenvalue weighted by Crippen LogP contribution is 2.29. The van der Waals surface area contributed by atoms with Gasteiger partial charge in [0.15, 0.2) is 11.0 Å². The van der Waals surface area contributed by atoms with Crippen molar-refractivity contribution in [3.05, 3.63) is 60.6 Å². The normalized spacial score (nSPS) is 11.8. The number of furan rings is 1. The monoisotopic (exact) mass is 467 g/mol. The summed E-state index contributed by atoms with van der Waals surface area (Å²) in [6.45, 7) is 9.95. The number of thioether (sulfide) groups is 1. The van der Waals surface area contributed by atoms with Crippen LogP contribution in [-0.2, 0) is 22.6 Å². The Morgan fingerprint density at radius 2 is 2.06 bits per heavy atom. The molecule has 3 rings (SSSR count). The number of nitrogens with zero attached hydrogens (tertiary/aromatic N) is 4. The Morgan fingerprint density at radius 1 is 1.30 bits per heavy atom. The fourth-order valence-corrected chi connectivity index (χ4v) is 4.41. The van der Waals surface area contributed by atoms with Crippen LogP contribution in [0.5, 0.6) is 0 Å². The summed E-state index contributed by atoms with van der Waals surface area (Å²) >= 11 is 1.30. The van der Waals surface area contributed by atoms with Gasteiger partial charge in [-0.2, -0.15) is 0 Å². The molecular formula is C24H29N5O3S.